The number of carbonyl (C=O) groups excluding carboxylic acids is 2. The Morgan fingerprint density at radius 2 is 1.81 bits per heavy atom. The first-order chi connectivity index (χ1) is 10.2. The summed E-state index contributed by atoms with van der Waals surface area (Å²) < 4.78 is 0. The van der Waals surface area contributed by atoms with Gasteiger partial charge in [-0.3, -0.25) is 14.5 Å². The van der Waals surface area contributed by atoms with Gasteiger partial charge in [0.25, 0.3) is 0 Å². The first-order valence-corrected chi connectivity index (χ1v) is 8.49. The van der Waals surface area contributed by atoms with Gasteiger partial charge in [0.05, 0.1) is 12.5 Å². The molecule has 5 heteroatoms. The van der Waals surface area contributed by atoms with E-state index in [0.717, 1.165) is 51.9 Å². The van der Waals surface area contributed by atoms with Crippen LogP contribution in [0.4, 0.5) is 0 Å². The number of hydrogen-bond acceptors (Lipinski definition) is 4. The molecule has 5 nitrogen and oxygen atoms in total. The number of likely N-dealkylation sites (N-methyl/N-ethyl adjacent to an activating group) is 1. The van der Waals surface area contributed by atoms with Gasteiger partial charge in [-0.25, -0.2) is 0 Å². The third-order valence-corrected chi connectivity index (χ3v) is 4.84. The normalized spacial score (nSPS) is 24.3. The van der Waals surface area contributed by atoms with Crippen LogP contribution in [0.2, 0.25) is 0 Å². The predicted octanol–water partition coefficient (Wildman–Crippen LogP) is 1.38. The first kappa shape index (κ1) is 16.4. The highest BCUT2D eigenvalue weighted by atomic mass is 16.2. The maximum absolute atomic E-state index is 12.5. The average Bonchev–Trinajstić information content (AvgIpc) is 2.79. The fourth-order valence-electron chi connectivity index (χ4n) is 3.47. The van der Waals surface area contributed by atoms with Crippen LogP contribution in [0.1, 0.15) is 52.4 Å². The Labute approximate surface area is 128 Å². The van der Waals surface area contributed by atoms with Gasteiger partial charge in [0.1, 0.15) is 0 Å². The number of nitrogens with zero attached hydrogens (tertiary/aromatic N) is 2. The van der Waals surface area contributed by atoms with Crippen molar-refractivity contribution in [2.45, 2.75) is 64.5 Å². The fraction of sp³-hybridized carbons (Fsp3) is 0.875. The molecular formula is C16H29N3O2. The van der Waals surface area contributed by atoms with E-state index >= 15 is 0 Å². The minimum atomic E-state index is -0.296. The number of nitrogens with one attached hydrogen (secondary N) is 1. The lowest BCUT2D eigenvalue weighted by Gasteiger charge is -2.29. The molecule has 1 aliphatic carbocycles. The van der Waals surface area contributed by atoms with E-state index in [2.05, 4.69) is 24.1 Å². The van der Waals surface area contributed by atoms with Gasteiger partial charge in [-0.1, -0.05) is 33.1 Å². The number of carbonyl (C=O) groups is 2. The van der Waals surface area contributed by atoms with Crippen molar-refractivity contribution < 1.29 is 9.59 Å². The minimum Gasteiger partial charge on any atom is -0.304 e. The fourth-order valence-corrected chi connectivity index (χ4v) is 3.47. The van der Waals surface area contributed by atoms with E-state index in [0.29, 0.717) is 6.42 Å². The lowest BCUT2D eigenvalue weighted by Crippen LogP contribution is -2.46. The molecule has 0 spiro atoms. The van der Waals surface area contributed by atoms with Crippen LogP contribution in [0.15, 0.2) is 0 Å². The summed E-state index contributed by atoms with van der Waals surface area (Å²) in [6.45, 7) is 8.00. The molecule has 0 bridgehead atoms. The maximum Gasteiger partial charge on any atom is 0.247 e. The molecule has 1 saturated heterocycles. The van der Waals surface area contributed by atoms with Gasteiger partial charge in [-0.15, -0.1) is 0 Å². The van der Waals surface area contributed by atoms with Gasteiger partial charge in [0.2, 0.25) is 11.8 Å². The standard InChI is InChI=1S/C16H29N3O2/c1-3-18(4-2)11-10-17-14-12-15(20)19(16(14)21)13-8-6-5-7-9-13/h13-14,17H,3-12H2,1-2H3. The zero-order valence-electron chi connectivity index (χ0n) is 13.4. The Balaban J connectivity index is 1.83. The van der Waals surface area contributed by atoms with E-state index in [1.54, 1.807) is 4.90 Å². The summed E-state index contributed by atoms with van der Waals surface area (Å²) in [6.07, 6.45) is 5.84. The maximum atomic E-state index is 12.5. The second-order valence-electron chi connectivity index (χ2n) is 6.13. The molecule has 0 radical (unpaired) electrons. The van der Waals surface area contributed by atoms with Gasteiger partial charge >= 0.3 is 0 Å². The highest BCUT2D eigenvalue weighted by molar-refractivity contribution is 6.05. The molecule has 2 fully saturated rings. The van der Waals surface area contributed by atoms with E-state index < -0.39 is 0 Å². The molecule has 2 rings (SSSR count). The van der Waals surface area contributed by atoms with Crippen molar-refractivity contribution in [2.75, 3.05) is 26.2 Å². The number of imide groups is 1. The summed E-state index contributed by atoms with van der Waals surface area (Å²) in [6, 6.07) is -0.136. The van der Waals surface area contributed by atoms with E-state index in [-0.39, 0.29) is 23.9 Å². The van der Waals surface area contributed by atoms with Crippen molar-refractivity contribution in [3.8, 4) is 0 Å². The van der Waals surface area contributed by atoms with Crippen LogP contribution in [-0.4, -0.2) is 59.9 Å². The molecule has 1 atom stereocenters. The Hall–Kier alpha value is -0.940. The summed E-state index contributed by atoms with van der Waals surface area (Å²) in [5, 5.41) is 3.28. The SMILES string of the molecule is CCN(CC)CCNC1CC(=O)N(C2CCCCC2)C1=O. The van der Waals surface area contributed by atoms with Crippen molar-refractivity contribution in [1.29, 1.82) is 0 Å². The molecule has 0 aromatic rings. The molecule has 1 saturated carbocycles. The lowest BCUT2D eigenvalue weighted by molar-refractivity contribution is -0.142. The van der Waals surface area contributed by atoms with Gasteiger partial charge in [0.15, 0.2) is 0 Å². The zero-order valence-corrected chi connectivity index (χ0v) is 13.4. The molecule has 0 aromatic carbocycles. The molecule has 1 unspecified atom stereocenters. The van der Waals surface area contributed by atoms with Crippen LogP contribution in [0, 0.1) is 0 Å². The van der Waals surface area contributed by atoms with Crippen LogP contribution in [0.25, 0.3) is 0 Å². The smallest absolute Gasteiger partial charge is 0.247 e. The lowest BCUT2D eigenvalue weighted by atomic mass is 9.94. The third kappa shape index (κ3) is 4.04. The van der Waals surface area contributed by atoms with Crippen LogP contribution in [-0.2, 0) is 9.59 Å². The molecule has 1 aliphatic heterocycles. The van der Waals surface area contributed by atoms with Gasteiger partial charge in [-0.05, 0) is 25.9 Å². The number of likely N-dealkylation sites (tertiary alicyclic amines) is 1. The monoisotopic (exact) mass is 295 g/mol. The molecule has 2 amide bonds. The summed E-state index contributed by atoms with van der Waals surface area (Å²) in [4.78, 5) is 28.5. The van der Waals surface area contributed by atoms with Crippen molar-refractivity contribution >= 4 is 11.8 Å². The zero-order chi connectivity index (χ0) is 15.2. The number of rotatable bonds is 7. The highest BCUT2D eigenvalue weighted by Gasteiger charge is 2.42. The molecule has 1 heterocycles. The van der Waals surface area contributed by atoms with Gasteiger partial charge in [0, 0.05) is 19.1 Å². The second kappa shape index (κ2) is 7.90. The minimum absolute atomic E-state index is 0.00597. The van der Waals surface area contributed by atoms with E-state index in [4.69, 9.17) is 0 Å². The quantitative estimate of drug-likeness (QED) is 0.721. The Kier molecular flexibility index (Phi) is 6.18. The van der Waals surface area contributed by atoms with Gasteiger partial charge in [-0.2, -0.15) is 0 Å². The summed E-state index contributed by atoms with van der Waals surface area (Å²) in [5.74, 6) is 0.0266. The molecular weight excluding hydrogens is 266 g/mol. The Morgan fingerprint density at radius 3 is 2.43 bits per heavy atom. The summed E-state index contributed by atoms with van der Waals surface area (Å²) in [7, 11) is 0. The average molecular weight is 295 g/mol. The topological polar surface area (TPSA) is 52.7 Å². The summed E-state index contributed by atoms with van der Waals surface area (Å²) in [5.41, 5.74) is 0. The molecule has 0 aromatic heterocycles. The molecule has 2 aliphatic rings. The second-order valence-corrected chi connectivity index (χ2v) is 6.13. The van der Waals surface area contributed by atoms with Crippen LogP contribution in [0.3, 0.4) is 0 Å². The number of amides is 2. The summed E-state index contributed by atoms with van der Waals surface area (Å²) >= 11 is 0. The first-order valence-electron chi connectivity index (χ1n) is 8.49. The van der Waals surface area contributed by atoms with Crippen molar-refractivity contribution in [3.63, 3.8) is 0 Å². The Morgan fingerprint density at radius 1 is 1.14 bits per heavy atom. The predicted molar refractivity (Wildman–Crippen MR) is 82.9 cm³/mol. The Bertz CT molecular complexity index is 363. The van der Waals surface area contributed by atoms with E-state index in [1.807, 2.05) is 0 Å². The van der Waals surface area contributed by atoms with Crippen molar-refractivity contribution in [1.82, 2.24) is 15.1 Å². The molecule has 120 valence electrons. The molecule has 21 heavy (non-hydrogen) atoms. The van der Waals surface area contributed by atoms with Crippen molar-refractivity contribution in [3.05, 3.63) is 0 Å². The van der Waals surface area contributed by atoms with Crippen LogP contribution < -0.4 is 5.32 Å². The van der Waals surface area contributed by atoms with Crippen LogP contribution >= 0.6 is 0 Å². The van der Waals surface area contributed by atoms with Crippen molar-refractivity contribution in [2.24, 2.45) is 0 Å². The highest BCUT2D eigenvalue weighted by Crippen LogP contribution is 2.27. The largest absolute Gasteiger partial charge is 0.304 e. The third-order valence-electron chi connectivity index (χ3n) is 4.84. The number of hydrogen-bond donors (Lipinski definition) is 1. The van der Waals surface area contributed by atoms with E-state index in [9.17, 15) is 9.59 Å². The van der Waals surface area contributed by atoms with E-state index in [1.165, 1.54) is 6.42 Å². The van der Waals surface area contributed by atoms with Crippen LogP contribution in [0.5, 0.6) is 0 Å². The van der Waals surface area contributed by atoms with Gasteiger partial charge < -0.3 is 10.2 Å². The molecule has 1 N–H and O–H groups in total.